The normalized spacial score (nSPS) is 29.0. The molecule has 2 unspecified atom stereocenters. The van der Waals surface area contributed by atoms with Crippen LogP contribution in [0.25, 0.3) is 0 Å². The number of nitrogens with zero attached hydrogens (tertiary/aromatic N) is 1. The molecule has 0 bridgehead atoms. The highest BCUT2D eigenvalue weighted by molar-refractivity contribution is 5.94. The number of hydrogen-bond donors (Lipinski definition) is 3. The summed E-state index contributed by atoms with van der Waals surface area (Å²) in [5.74, 6) is 1.58. The highest BCUT2D eigenvalue weighted by atomic mass is 16.2. The summed E-state index contributed by atoms with van der Waals surface area (Å²) in [4.78, 5) is 12.4. The molecule has 1 aliphatic heterocycles. The van der Waals surface area contributed by atoms with E-state index in [1.165, 1.54) is 38.5 Å². The smallest absolute Gasteiger partial charge is 0.272 e. The van der Waals surface area contributed by atoms with Gasteiger partial charge in [0.1, 0.15) is 0 Å². The predicted octanol–water partition coefficient (Wildman–Crippen LogP) is 1.75. The molecule has 3 N–H and O–H groups in total. The lowest BCUT2D eigenvalue weighted by atomic mass is 9.85. The van der Waals surface area contributed by atoms with Crippen molar-refractivity contribution in [1.29, 1.82) is 0 Å². The van der Waals surface area contributed by atoms with E-state index in [-0.39, 0.29) is 5.91 Å². The van der Waals surface area contributed by atoms with Crippen LogP contribution in [0.15, 0.2) is 0 Å². The van der Waals surface area contributed by atoms with Crippen LogP contribution < -0.4 is 10.6 Å². The average Bonchev–Trinajstić information content (AvgIpc) is 3.15. The molecule has 0 spiro atoms. The lowest BCUT2D eigenvalue weighted by Gasteiger charge is -2.21. The highest BCUT2D eigenvalue weighted by Crippen LogP contribution is 2.44. The number of carbonyl (C=O) groups excluding carboxylic acids is 1. The Morgan fingerprint density at radius 3 is 2.95 bits per heavy atom. The molecule has 21 heavy (non-hydrogen) atoms. The molecule has 2 saturated carbocycles. The Labute approximate surface area is 125 Å². The second-order valence-corrected chi connectivity index (χ2v) is 6.83. The first-order valence-corrected chi connectivity index (χ1v) is 8.40. The maximum atomic E-state index is 12.4. The van der Waals surface area contributed by atoms with E-state index in [0.29, 0.717) is 11.7 Å². The zero-order chi connectivity index (χ0) is 14.2. The second kappa shape index (κ2) is 5.44. The molecule has 3 aliphatic rings. The Kier molecular flexibility index (Phi) is 3.45. The Morgan fingerprint density at radius 1 is 1.24 bits per heavy atom. The molecule has 0 aromatic carbocycles. The summed E-state index contributed by atoms with van der Waals surface area (Å²) in [6.45, 7) is 1.72. The van der Waals surface area contributed by atoms with Crippen LogP contribution in [0.1, 0.15) is 60.3 Å². The number of aromatic amines is 1. The minimum absolute atomic E-state index is 0.0134. The molecule has 1 aromatic rings. The molecule has 0 saturated heterocycles. The molecule has 5 heteroatoms. The van der Waals surface area contributed by atoms with E-state index in [2.05, 4.69) is 20.8 Å². The fraction of sp³-hybridized carbons (Fsp3) is 0.750. The van der Waals surface area contributed by atoms with Gasteiger partial charge in [0.15, 0.2) is 5.69 Å². The van der Waals surface area contributed by atoms with E-state index in [0.717, 1.165) is 42.6 Å². The number of carbonyl (C=O) groups is 1. The third kappa shape index (κ3) is 2.59. The summed E-state index contributed by atoms with van der Waals surface area (Å²) in [7, 11) is 0. The summed E-state index contributed by atoms with van der Waals surface area (Å²) in [5.41, 5.74) is 2.79. The first-order chi connectivity index (χ1) is 10.3. The van der Waals surface area contributed by atoms with Gasteiger partial charge in [0.05, 0.1) is 0 Å². The van der Waals surface area contributed by atoms with Gasteiger partial charge in [-0.3, -0.25) is 9.89 Å². The van der Waals surface area contributed by atoms with Crippen molar-refractivity contribution in [2.75, 3.05) is 6.54 Å². The minimum atomic E-state index is 0.0134. The van der Waals surface area contributed by atoms with Crippen molar-refractivity contribution >= 4 is 5.91 Å². The second-order valence-electron chi connectivity index (χ2n) is 6.83. The first kappa shape index (κ1) is 13.3. The summed E-state index contributed by atoms with van der Waals surface area (Å²) in [6.07, 6.45) is 8.97. The van der Waals surface area contributed by atoms with E-state index in [9.17, 15) is 4.79 Å². The number of aromatic nitrogens is 2. The van der Waals surface area contributed by atoms with Gasteiger partial charge in [0.25, 0.3) is 5.91 Å². The van der Waals surface area contributed by atoms with E-state index < -0.39 is 0 Å². The molecule has 2 heterocycles. The van der Waals surface area contributed by atoms with Crippen molar-refractivity contribution in [1.82, 2.24) is 20.8 Å². The number of rotatable bonds is 3. The molecule has 2 fully saturated rings. The largest absolute Gasteiger partial charge is 0.348 e. The number of amides is 1. The molecule has 5 nitrogen and oxygen atoms in total. The van der Waals surface area contributed by atoms with Crippen LogP contribution in [-0.4, -0.2) is 28.7 Å². The fourth-order valence-electron chi connectivity index (χ4n) is 4.11. The zero-order valence-electron chi connectivity index (χ0n) is 12.5. The Balaban J connectivity index is 1.37. The number of H-pyrrole nitrogens is 1. The van der Waals surface area contributed by atoms with Crippen LogP contribution in [0.4, 0.5) is 0 Å². The van der Waals surface area contributed by atoms with Crippen molar-refractivity contribution in [3.63, 3.8) is 0 Å². The van der Waals surface area contributed by atoms with Crippen LogP contribution in [-0.2, 0) is 13.0 Å². The molecule has 2 aliphatic carbocycles. The summed E-state index contributed by atoms with van der Waals surface area (Å²) in [5, 5.41) is 13.8. The van der Waals surface area contributed by atoms with Crippen molar-refractivity contribution in [2.24, 2.45) is 11.8 Å². The van der Waals surface area contributed by atoms with Gasteiger partial charge >= 0.3 is 0 Å². The number of nitrogens with one attached hydrogen (secondary N) is 3. The van der Waals surface area contributed by atoms with Crippen LogP contribution in [0.3, 0.4) is 0 Å². The van der Waals surface area contributed by atoms with Gasteiger partial charge < -0.3 is 10.6 Å². The van der Waals surface area contributed by atoms with E-state index in [1.54, 1.807) is 0 Å². The summed E-state index contributed by atoms with van der Waals surface area (Å²) >= 11 is 0. The molecule has 1 amide bonds. The zero-order valence-corrected chi connectivity index (χ0v) is 12.5. The van der Waals surface area contributed by atoms with Crippen LogP contribution in [0.2, 0.25) is 0 Å². The van der Waals surface area contributed by atoms with E-state index in [1.807, 2.05) is 0 Å². The molecular weight excluding hydrogens is 264 g/mol. The summed E-state index contributed by atoms with van der Waals surface area (Å²) < 4.78 is 0. The minimum Gasteiger partial charge on any atom is -0.348 e. The highest BCUT2D eigenvalue weighted by Gasteiger charge is 2.44. The van der Waals surface area contributed by atoms with Crippen LogP contribution >= 0.6 is 0 Å². The van der Waals surface area contributed by atoms with E-state index in [4.69, 9.17) is 0 Å². The summed E-state index contributed by atoms with van der Waals surface area (Å²) in [6, 6.07) is 0.393. The maximum Gasteiger partial charge on any atom is 0.272 e. The van der Waals surface area contributed by atoms with Gasteiger partial charge in [-0.25, -0.2) is 0 Å². The number of hydrogen-bond acceptors (Lipinski definition) is 3. The lowest BCUT2D eigenvalue weighted by Crippen LogP contribution is -2.31. The van der Waals surface area contributed by atoms with Gasteiger partial charge in [0, 0.05) is 36.8 Å². The van der Waals surface area contributed by atoms with Crippen LogP contribution in [0, 0.1) is 11.8 Å². The van der Waals surface area contributed by atoms with Gasteiger partial charge in [-0.15, -0.1) is 0 Å². The maximum absolute atomic E-state index is 12.4. The molecule has 0 radical (unpaired) electrons. The lowest BCUT2D eigenvalue weighted by molar-refractivity contribution is 0.0940. The van der Waals surface area contributed by atoms with Gasteiger partial charge in [0.2, 0.25) is 0 Å². The van der Waals surface area contributed by atoms with Crippen molar-refractivity contribution < 1.29 is 4.79 Å². The average molecular weight is 288 g/mol. The number of fused-ring (bicyclic) bond motifs is 1. The van der Waals surface area contributed by atoms with E-state index >= 15 is 0 Å². The third-order valence-corrected chi connectivity index (χ3v) is 5.43. The topological polar surface area (TPSA) is 69.8 Å². The Morgan fingerprint density at radius 2 is 2.10 bits per heavy atom. The SMILES string of the molecule is O=C(NC1CC1C1CCCCC1)c1n[nH]c2c1CNCC2. The fourth-order valence-corrected chi connectivity index (χ4v) is 4.11. The Bertz CT molecular complexity index is 532. The Hall–Kier alpha value is -1.36. The molecule has 4 rings (SSSR count). The standard InChI is InChI=1S/C16H24N4O/c21-16(15-12-9-17-7-6-13(12)19-20-15)18-14-8-11(14)10-4-2-1-3-5-10/h10-11,14,17H,1-9H2,(H,18,21)(H,19,20). The molecule has 2 atom stereocenters. The first-order valence-electron chi connectivity index (χ1n) is 8.40. The quantitative estimate of drug-likeness (QED) is 0.793. The molecular formula is C16H24N4O. The van der Waals surface area contributed by atoms with Crippen LogP contribution in [0.5, 0.6) is 0 Å². The molecule has 1 aromatic heterocycles. The third-order valence-electron chi connectivity index (χ3n) is 5.43. The van der Waals surface area contributed by atoms with Crippen molar-refractivity contribution in [3.8, 4) is 0 Å². The van der Waals surface area contributed by atoms with Gasteiger partial charge in [-0.05, 0) is 18.3 Å². The van der Waals surface area contributed by atoms with Crippen molar-refractivity contribution in [2.45, 2.75) is 57.5 Å². The molecule has 114 valence electrons. The van der Waals surface area contributed by atoms with Gasteiger partial charge in [-0.1, -0.05) is 32.1 Å². The van der Waals surface area contributed by atoms with Crippen molar-refractivity contribution in [3.05, 3.63) is 17.0 Å². The van der Waals surface area contributed by atoms with Gasteiger partial charge in [-0.2, -0.15) is 5.10 Å². The predicted molar refractivity (Wildman–Crippen MR) is 79.9 cm³/mol. The monoisotopic (exact) mass is 288 g/mol.